The monoisotopic (exact) mass is 292 g/mol. The molecule has 7 heteroatoms. The minimum absolute atomic E-state index is 0.139. The van der Waals surface area contributed by atoms with E-state index in [0.29, 0.717) is 18.5 Å². The molecule has 1 amide bonds. The highest BCUT2D eigenvalue weighted by atomic mass is 16.6. The fourth-order valence-electron chi connectivity index (χ4n) is 2.71. The van der Waals surface area contributed by atoms with Gasteiger partial charge in [-0.05, 0) is 31.9 Å². The lowest BCUT2D eigenvalue weighted by Crippen LogP contribution is -2.37. The fourth-order valence-corrected chi connectivity index (χ4v) is 2.71. The van der Waals surface area contributed by atoms with Gasteiger partial charge in [0.15, 0.2) is 0 Å². The Bertz CT molecular complexity index is 613. The van der Waals surface area contributed by atoms with Gasteiger partial charge in [0, 0.05) is 30.3 Å². The van der Waals surface area contributed by atoms with Crippen LogP contribution >= 0.6 is 0 Å². The van der Waals surface area contributed by atoms with Crippen LogP contribution in [0.15, 0.2) is 18.2 Å². The second kappa shape index (κ2) is 5.51. The Balaban J connectivity index is 2.29. The molecule has 1 fully saturated rings. The molecule has 0 aliphatic carbocycles. The molecule has 112 valence electrons. The second-order valence-corrected chi connectivity index (χ2v) is 5.29. The number of likely N-dealkylation sites (tertiary alicyclic amines) is 1. The van der Waals surface area contributed by atoms with Crippen molar-refractivity contribution in [2.24, 2.45) is 5.92 Å². The quantitative estimate of drug-likeness (QED) is 0.676. The lowest BCUT2D eigenvalue weighted by molar-refractivity contribution is -0.384. The highest BCUT2D eigenvalue weighted by Gasteiger charge is 2.38. The van der Waals surface area contributed by atoms with Crippen molar-refractivity contribution < 1.29 is 19.6 Å². The van der Waals surface area contributed by atoms with Crippen LogP contribution < -0.4 is 0 Å². The summed E-state index contributed by atoms with van der Waals surface area (Å²) in [7, 11) is 0. The number of carbonyl (C=O) groups is 2. The zero-order chi connectivity index (χ0) is 15.7. The molecular formula is C14H16N2O5. The van der Waals surface area contributed by atoms with E-state index in [9.17, 15) is 19.7 Å². The van der Waals surface area contributed by atoms with Gasteiger partial charge in [-0.2, -0.15) is 0 Å². The number of carboxylic acids is 1. The van der Waals surface area contributed by atoms with E-state index in [4.69, 9.17) is 5.11 Å². The van der Waals surface area contributed by atoms with E-state index in [0.717, 1.165) is 0 Å². The van der Waals surface area contributed by atoms with Crippen molar-refractivity contribution in [2.45, 2.75) is 26.3 Å². The lowest BCUT2D eigenvalue weighted by Gasteiger charge is -2.23. The van der Waals surface area contributed by atoms with Crippen LogP contribution in [0.25, 0.3) is 0 Å². The fraction of sp³-hybridized carbons (Fsp3) is 0.429. The van der Waals surface area contributed by atoms with Crippen molar-refractivity contribution in [1.82, 2.24) is 4.90 Å². The zero-order valence-electron chi connectivity index (χ0n) is 11.8. The Hall–Kier alpha value is -2.44. The molecule has 1 saturated heterocycles. The van der Waals surface area contributed by atoms with Crippen molar-refractivity contribution in [2.75, 3.05) is 6.54 Å². The SMILES string of the molecule is Cc1cc(C(=O)N2CCC(C(=O)O)C2C)cc([N+](=O)[O-])c1. The average molecular weight is 292 g/mol. The van der Waals surface area contributed by atoms with Crippen LogP contribution in [0.5, 0.6) is 0 Å². The number of hydrogen-bond acceptors (Lipinski definition) is 4. The Labute approximate surface area is 121 Å². The van der Waals surface area contributed by atoms with E-state index in [2.05, 4.69) is 0 Å². The summed E-state index contributed by atoms with van der Waals surface area (Å²) in [6, 6.07) is 3.78. The Morgan fingerprint density at radius 2 is 2.05 bits per heavy atom. The van der Waals surface area contributed by atoms with Crippen molar-refractivity contribution >= 4 is 17.6 Å². The van der Waals surface area contributed by atoms with Crippen molar-refractivity contribution in [1.29, 1.82) is 0 Å². The van der Waals surface area contributed by atoms with Gasteiger partial charge in [0.05, 0.1) is 10.8 Å². The number of nitrogens with zero attached hydrogens (tertiary/aromatic N) is 2. The van der Waals surface area contributed by atoms with Gasteiger partial charge >= 0.3 is 5.97 Å². The maximum absolute atomic E-state index is 12.5. The van der Waals surface area contributed by atoms with E-state index in [1.807, 2.05) is 0 Å². The molecule has 2 unspecified atom stereocenters. The number of amides is 1. The van der Waals surface area contributed by atoms with Gasteiger partial charge in [0.1, 0.15) is 0 Å². The molecule has 7 nitrogen and oxygen atoms in total. The number of carboxylic acid groups (broad SMARTS) is 1. The van der Waals surface area contributed by atoms with Crippen molar-refractivity contribution in [3.05, 3.63) is 39.4 Å². The molecule has 1 aromatic carbocycles. The van der Waals surface area contributed by atoms with Gasteiger partial charge in [-0.15, -0.1) is 0 Å². The number of benzene rings is 1. The summed E-state index contributed by atoms with van der Waals surface area (Å²) in [5.74, 6) is -1.88. The number of non-ortho nitro benzene ring substituents is 1. The first kappa shape index (κ1) is 15.0. The van der Waals surface area contributed by atoms with Crippen LogP contribution in [-0.4, -0.2) is 39.4 Å². The molecule has 1 N–H and O–H groups in total. The number of hydrogen-bond donors (Lipinski definition) is 1. The van der Waals surface area contributed by atoms with E-state index < -0.39 is 22.9 Å². The maximum atomic E-state index is 12.5. The average Bonchev–Trinajstić information content (AvgIpc) is 2.79. The number of rotatable bonds is 3. The van der Waals surface area contributed by atoms with Gasteiger partial charge in [0.25, 0.3) is 11.6 Å². The third-order valence-corrected chi connectivity index (χ3v) is 3.85. The molecule has 21 heavy (non-hydrogen) atoms. The molecule has 1 heterocycles. The number of nitro benzene ring substituents is 1. The molecule has 2 atom stereocenters. The molecule has 1 aliphatic heterocycles. The van der Waals surface area contributed by atoms with E-state index in [-0.39, 0.29) is 17.2 Å². The topological polar surface area (TPSA) is 101 Å². The smallest absolute Gasteiger partial charge is 0.308 e. The molecule has 1 aliphatic rings. The highest BCUT2D eigenvalue weighted by molar-refractivity contribution is 5.96. The lowest BCUT2D eigenvalue weighted by atomic mass is 10.0. The summed E-state index contributed by atoms with van der Waals surface area (Å²) >= 11 is 0. The number of nitro groups is 1. The molecule has 0 bridgehead atoms. The summed E-state index contributed by atoms with van der Waals surface area (Å²) in [6.07, 6.45) is 0.399. The Kier molecular flexibility index (Phi) is 3.93. The van der Waals surface area contributed by atoms with E-state index in [1.54, 1.807) is 19.9 Å². The minimum atomic E-state index is -0.923. The molecule has 0 radical (unpaired) electrons. The van der Waals surface area contributed by atoms with Crippen LogP contribution in [0.1, 0.15) is 29.3 Å². The molecule has 0 aromatic heterocycles. The highest BCUT2D eigenvalue weighted by Crippen LogP contribution is 2.27. The maximum Gasteiger partial charge on any atom is 0.308 e. The normalized spacial score (nSPS) is 21.3. The third-order valence-electron chi connectivity index (χ3n) is 3.85. The molecule has 2 rings (SSSR count). The summed E-state index contributed by atoms with van der Waals surface area (Å²) in [5.41, 5.74) is 0.703. The molecule has 1 aromatic rings. The van der Waals surface area contributed by atoms with E-state index >= 15 is 0 Å². The van der Waals surface area contributed by atoms with Crippen LogP contribution in [0.2, 0.25) is 0 Å². The van der Waals surface area contributed by atoms with Crippen LogP contribution in [-0.2, 0) is 4.79 Å². The number of aliphatic carboxylic acids is 1. The zero-order valence-corrected chi connectivity index (χ0v) is 11.8. The summed E-state index contributed by atoms with van der Waals surface area (Å²) < 4.78 is 0. The van der Waals surface area contributed by atoms with Gasteiger partial charge < -0.3 is 10.0 Å². The number of aryl methyl sites for hydroxylation is 1. The number of carbonyl (C=O) groups excluding carboxylic acids is 1. The van der Waals surface area contributed by atoms with Gasteiger partial charge in [-0.3, -0.25) is 19.7 Å². The molecule has 0 spiro atoms. The molecule has 0 saturated carbocycles. The van der Waals surface area contributed by atoms with Crippen molar-refractivity contribution in [3.8, 4) is 0 Å². The van der Waals surface area contributed by atoms with E-state index in [1.165, 1.54) is 17.0 Å². The van der Waals surface area contributed by atoms with Crippen LogP contribution in [0, 0.1) is 23.0 Å². The van der Waals surface area contributed by atoms with Crippen LogP contribution in [0.4, 0.5) is 5.69 Å². The van der Waals surface area contributed by atoms with Gasteiger partial charge in [-0.1, -0.05) is 0 Å². The minimum Gasteiger partial charge on any atom is -0.481 e. The predicted molar refractivity (Wildman–Crippen MR) is 74.1 cm³/mol. The Morgan fingerprint density at radius 1 is 1.38 bits per heavy atom. The predicted octanol–water partition coefficient (Wildman–Crippen LogP) is 1.84. The first-order valence-electron chi connectivity index (χ1n) is 6.61. The first-order chi connectivity index (χ1) is 9.81. The molecular weight excluding hydrogens is 276 g/mol. The van der Waals surface area contributed by atoms with Crippen LogP contribution in [0.3, 0.4) is 0 Å². The standard InChI is InChI=1S/C14H16N2O5/c1-8-5-10(7-11(6-8)16(20)21)13(17)15-4-3-12(9(15)2)14(18)19/h5-7,9,12H,3-4H2,1-2H3,(H,18,19). The van der Waals surface area contributed by atoms with Gasteiger partial charge in [-0.25, -0.2) is 0 Å². The first-order valence-corrected chi connectivity index (χ1v) is 6.61. The summed E-state index contributed by atoms with van der Waals surface area (Å²) in [6.45, 7) is 3.71. The van der Waals surface area contributed by atoms with Crippen molar-refractivity contribution in [3.63, 3.8) is 0 Å². The summed E-state index contributed by atoms with van der Waals surface area (Å²) in [5, 5.41) is 19.9. The second-order valence-electron chi connectivity index (χ2n) is 5.29. The Morgan fingerprint density at radius 3 is 2.57 bits per heavy atom. The van der Waals surface area contributed by atoms with Gasteiger partial charge in [0.2, 0.25) is 0 Å². The third kappa shape index (κ3) is 2.86. The summed E-state index contributed by atoms with van der Waals surface area (Å²) in [4.78, 5) is 35.3. The largest absolute Gasteiger partial charge is 0.481 e.